The molecule has 0 aliphatic carbocycles. The molecule has 0 saturated carbocycles. The second-order valence-electron chi connectivity index (χ2n) is 4.73. The Morgan fingerprint density at radius 2 is 1.71 bits per heavy atom. The van der Waals surface area contributed by atoms with Crippen LogP contribution in [0.25, 0.3) is 0 Å². The van der Waals surface area contributed by atoms with Gasteiger partial charge >= 0.3 is 6.18 Å². The average Bonchev–Trinajstić information content (AvgIpc) is 2.70. The first kappa shape index (κ1) is 14.7. The lowest BCUT2D eigenvalue weighted by Crippen LogP contribution is -2.44. The standard InChI is InChI=1S/C7H11F3O2.C4H8O/c1-6(2-11-3-6)4-12-5-7(8,9)10;1-2-4-5-3-1/h2-5H2,1H3;1-4H2. The van der Waals surface area contributed by atoms with Gasteiger partial charge in [0.25, 0.3) is 0 Å². The molecule has 0 amide bonds. The fourth-order valence-electron chi connectivity index (χ4n) is 1.46. The van der Waals surface area contributed by atoms with E-state index < -0.39 is 12.8 Å². The van der Waals surface area contributed by atoms with Gasteiger partial charge in [0.1, 0.15) is 6.61 Å². The van der Waals surface area contributed by atoms with Crippen LogP contribution in [0.5, 0.6) is 0 Å². The molecule has 102 valence electrons. The predicted octanol–water partition coefficient (Wildman–Crippen LogP) is 2.40. The lowest BCUT2D eigenvalue weighted by atomic mass is 9.90. The summed E-state index contributed by atoms with van der Waals surface area (Å²) < 4.78 is 49.1. The summed E-state index contributed by atoms with van der Waals surface area (Å²) in [7, 11) is 0. The quantitative estimate of drug-likeness (QED) is 0.776. The maximum absolute atomic E-state index is 11.6. The zero-order chi connectivity index (χ0) is 12.8. The summed E-state index contributed by atoms with van der Waals surface area (Å²) in [5.41, 5.74) is -0.203. The zero-order valence-corrected chi connectivity index (χ0v) is 10.0. The van der Waals surface area contributed by atoms with Crippen LogP contribution in [0, 0.1) is 5.41 Å². The largest absolute Gasteiger partial charge is 0.411 e. The summed E-state index contributed by atoms with van der Waals surface area (Å²) in [4.78, 5) is 0. The molecule has 0 aromatic carbocycles. The number of rotatable bonds is 3. The summed E-state index contributed by atoms with van der Waals surface area (Å²) in [6.45, 7) is 3.78. The fourth-order valence-corrected chi connectivity index (χ4v) is 1.46. The van der Waals surface area contributed by atoms with Gasteiger partial charge in [0.2, 0.25) is 0 Å². The summed E-state index contributed by atoms with van der Waals surface area (Å²) in [5.74, 6) is 0. The molecule has 0 N–H and O–H groups in total. The van der Waals surface area contributed by atoms with Crippen LogP contribution in [0.3, 0.4) is 0 Å². The second kappa shape index (κ2) is 6.56. The highest BCUT2D eigenvalue weighted by Gasteiger charge is 2.35. The third-order valence-corrected chi connectivity index (χ3v) is 2.44. The Morgan fingerprint density at radius 1 is 1.12 bits per heavy atom. The maximum Gasteiger partial charge on any atom is 0.411 e. The first-order valence-electron chi connectivity index (χ1n) is 5.71. The van der Waals surface area contributed by atoms with Crippen molar-refractivity contribution in [2.45, 2.75) is 25.9 Å². The second-order valence-corrected chi connectivity index (χ2v) is 4.73. The van der Waals surface area contributed by atoms with Crippen LogP contribution in [0.15, 0.2) is 0 Å². The van der Waals surface area contributed by atoms with Crippen molar-refractivity contribution >= 4 is 0 Å². The highest BCUT2D eigenvalue weighted by Crippen LogP contribution is 2.27. The topological polar surface area (TPSA) is 27.7 Å². The monoisotopic (exact) mass is 256 g/mol. The van der Waals surface area contributed by atoms with Crippen molar-refractivity contribution in [1.29, 1.82) is 0 Å². The summed E-state index contributed by atoms with van der Waals surface area (Å²) in [5, 5.41) is 0. The summed E-state index contributed by atoms with van der Waals surface area (Å²) >= 11 is 0. The van der Waals surface area contributed by atoms with E-state index in [4.69, 9.17) is 9.47 Å². The van der Waals surface area contributed by atoms with Crippen LogP contribution in [0.1, 0.15) is 19.8 Å². The van der Waals surface area contributed by atoms with E-state index in [1.165, 1.54) is 12.8 Å². The number of alkyl halides is 3. The molecule has 3 nitrogen and oxygen atoms in total. The third-order valence-electron chi connectivity index (χ3n) is 2.44. The van der Waals surface area contributed by atoms with Gasteiger partial charge in [-0.15, -0.1) is 0 Å². The minimum absolute atomic E-state index is 0.118. The Labute approximate surface area is 99.2 Å². The molecule has 0 aromatic heterocycles. The van der Waals surface area contributed by atoms with Gasteiger partial charge in [-0.2, -0.15) is 13.2 Å². The van der Waals surface area contributed by atoms with Crippen molar-refractivity contribution in [2.24, 2.45) is 5.41 Å². The van der Waals surface area contributed by atoms with Crippen LogP contribution >= 0.6 is 0 Å². The molecule has 17 heavy (non-hydrogen) atoms. The zero-order valence-electron chi connectivity index (χ0n) is 10.0. The van der Waals surface area contributed by atoms with Crippen LogP contribution in [-0.4, -0.2) is 45.8 Å². The molecule has 2 saturated heterocycles. The van der Waals surface area contributed by atoms with Gasteiger partial charge in [0, 0.05) is 18.6 Å². The van der Waals surface area contributed by atoms with Crippen LogP contribution in [-0.2, 0) is 14.2 Å². The molecular formula is C11H19F3O3. The van der Waals surface area contributed by atoms with Gasteiger partial charge in [-0.1, -0.05) is 6.92 Å². The van der Waals surface area contributed by atoms with Crippen molar-refractivity contribution in [1.82, 2.24) is 0 Å². The van der Waals surface area contributed by atoms with Gasteiger partial charge in [-0.3, -0.25) is 0 Å². The highest BCUT2D eigenvalue weighted by atomic mass is 19.4. The Hall–Kier alpha value is -0.330. The Kier molecular flexibility index (Phi) is 5.69. The van der Waals surface area contributed by atoms with E-state index in [9.17, 15) is 13.2 Å². The summed E-state index contributed by atoms with van der Waals surface area (Å²) in [6.07, 6.45) is -1.67. The van der Waals surface area contributed by atoms with E-state index in [1.807, 2.05) is 6.92 Å². The molecule has 0 bridgehead atoms. The maximum atomic E-state index is 11.6. The van der Waals surface area contributed by atoms with Gasteiger partial charge in [0.05, 0.1) is 19.8 Å². The van der Waals surface area contributed by atoms with Crippen LogP contribution in [0.4, 0.5) is 13.2 Å². The van der Waals surface area contributed by atoms with E-state index in [2.05, 4.69) is 4.74 Å². The normalized spacial score (nSPS) is 22.6. The van der Waals surface area contributed by atoms with Crippen LogP contribution < -0.4 is 0 Å². The van der Waals surface area contributed by atoms with Gasteiger partial charge in [-0.25, -0.2) is 0 Å². The van der Waals surface area contributed by atoms with Crippen molar-refractivity contribution in [3.8, 4) is 0 Å². The van der Waals surface area contributed by atoms with E-state index >= 15 is 0 Å². The molecule has 6 heteroatoms. The van der Waals surface area contributed by atoms with Gasteiger partial charge in [0.15, 0.2) is 0 Å². The Balaban J connectivity index is 0.000000239. The SMILES string of the molecule is C1CCOC1.CC1(COCC(F)(F)F)COC1. The summed E-state index contributed by atoms with van der Waals surface area (Å²) in [6, 6.07) is 0. The number of ether oxygens (including phenoxy) is 3. The first-order chi connectivity index (χ1) is 7.91. The minimum Gasteiger partial charge on any atom is -0.381 e. The molecule has 2 aliphatic heterocycles. The molecule has 0 unspecified atom stereocenters. The average molecular weight is 256 g/mol. The molecule has 0 atom stereocenters. The highest BCUT2D eigenvalue weighted by molar-refractivity contribution is 4.80. The predicted molar refractivity (Wildman–Crippen MR) is 55.9 cm³/mol. The van der Waals surface area contributed by atoms with Crippen molar-refractivity contribution in [3.63, 3.8) is 0 Å². The molecule has 0 aromatic rings. The van der Waals surface area contributed by atoms with E-state index in [1.54, 1.807) is 0 Å². The lowest BCUT2D eigenvalue weighted by Gasteiger charge is -2.37. The molecule has 0 spiro atoms. The number of hydrogen-bond donors (Lipinski definition) is 0. The molecule has 0 radical (unpaired) electrons. The Bertz CT molecular complexity index is 203. The minimum atomic E-state index is -4.22. The van der Waals surface area contributed by atoms with E-state index in [0.717, 1.165) is 13.2 Å². The molecule has 2 rings (SSSR count). The van der Waals surface area contributed by atoms with Crippen molar-refractivity contribution in [2.75, 3.05) is 39.6 Å². The molecular weight excluding hydrogens is 237 g/mol. The third kappa shape index (κ3) is 6.85. The Morgan fingerprint density at radius 3 is 2.00 bits per heavy atom. The van der Waals surface area contributed by atoms with Crippen molar-refractivity contribution < 1.29 is 27.4 Å². The molecule has 2 aliphatic rings. The fraction of sp³-hybridized carbons (Fsp3) is 1.00. The van der Waals surface area contributed by atoms with Gasteiger partial charge < -0.3 is 14.2 Å². The smallest absolute Gasteiger partial charge is 0.381 e. The molecule has 2 fully saturated rings. The van der Waals surface area contributed by atoms with Crippen LogP contribution in [0.2, 0.25) is 0 Å². The first-order valence-corrected chi connectivity index (χ1v) is 5.71. The van der Waals surface area contributed by atoms with Gasteiger partial charge in [-0.05, 0) is 12.8 Å². The van der Waals surface area contributed by atoms with Crippen molar-refractivity contribution in [3.05, 3.63) is 0 Å². The van der Waals surface area contributed by atoms with E-state index in [-0.39, 0.29) is 12.0 Å². The number of hydrogen-bond acceptors (Lipinski definition) is 3. The van der Waals surface area contributed by atoms with E-state index in [0.29, 0.717) is 13.2 Å². The number of halogens is 3. The molecule has 2 heterocycles. The lowest BCUT2D eigenvalue weighted by molar-refractivity contribution is -0.200.